The van der Waals surface area contributed by atoms with Crippen molar-refractivity contribution in [3.8, 4) is 0 Å². The Morgan fingerprint density at radius 1 is 0.370 bits per heavy atom. The van der Waals surface area contributed by atoms with Crippen molar-refractivity contribution in [2.24, 2.45) is 0 Å². The van der Waals surface area contributed by atoms with Crippen LogP contribution >= 0.6 is 0 Å². The molecule has 0 fully saturated rings. The second-order valence-corrected chi connectivity index (χ2v) is 6.93. The summed E-state index contributed by atoms with van der Waals surface area (Å²) in [4.78, 5) is 0. The third-order valence-electron chi connectivity index (χ3n) is 5.09. The van der Waals surface area contributed by atoms with Crippen molar-refractivity contribution in [3.63, 3.8) is 0 Å². The van der Waals surface area contributed by atoms with Crippen LogP contribution in [0.25, 0.3) is 0 Å². The first-order chi connectivity index (χ1) is 13.4. The van der Waals surface area contributed by atoms with Crippen molar-refractivity contribution in [2.75, 3.05) is 0 Å². The van der Waals surface area contributed by atoms with Gasteiger partial charge in [0.05, 0.1) is 0 Å². The number of para-hydroxylation sites is 2. The molecule has 1 nitrogen and oxygen atoms in total. The summed E-state index contributed by atoms with van der Waals surface area (Å²) >= 11 is 0. The van der Waals surface area contributed by atoms with Crippen molar-refractivity contribution in [1.29, 1.82) is 0 Å². The molecule has 0 aliphatic rings. The molecule has 0 aromatic heterocycles. The monoisotopic (exact) mass is 350 g/mol. The van der Waals surface area contributed by atoms with Gasteiger partial charge in [0.1, 0.15) is 24.5 Å². The number of nitrogens with zero attached hydrogens (tertiary/aromatic N) is 1. The summed E-state index contributed by atoms with van der Waals surface area (Å²) < 4.78 is 0.760. The van der Waals surface area contributed by atoms with Gasteiger partial charge in [0.2, 0.25) is 0 Å². The van der Waals surface area contributed by atoms with Gasteiger partial charge in [0.25, 0.3) is 0 Å². The minimum absolute atomic E-state index is 0.760. The number of quaternary nitrogens is 1. The number of benzene rings is 4. The van der Waals surface area contributed by atoms with Crippen LogP contribution in [0.1, 0.15) is 11.1 Å². The van der Waals surface area contributed by atoms with E-state index >= 15 is 0 Å². The lowest BCUT2D eigenvalue weighted by Gasteiger charge is -2.38. The van der Waals surface area contributed by atoms with Crippen molar-refractivity contribution in [1.82, 2.24) is 4.48 Å². The van der Waals surface area contributed by atoms with Crippen molar-refractivity contribution in [2.45, 2.75) is 13.1 Å². The van der Waals surface area contributed by atoms with Crippen LogP contribution in [0.2, 0.25) is 0 Å². The SMILES string of the molecule is c1ccc(C[N+](Cc2ccccc2)(c2ccccc2)c2ccccc2)cc1. The Morgan fingerprint density at radius 2 is 0.667 bits per heavy atom. The molecule has 132 valence electrons. The zero-order valence-corrected chi connectivity index (χ0v) is 15.4. The average Bonchev–Trinajstić information content (AvgIpc) is 2.76. The predicted octanol–water partition coefficient (Wildman–Crippen LogP) is 6.73. The maximum Gasteiger partial charge on any atom is 0.138 e. The summed E-state index contributed by atoms with van der Waals surface area (Å²) in [6.45, 7) is 1.81. The molecule has 0 bridgehead atoms. The second-order valence-electron chi connectivity index (χ2n) is 6.93. The molecule has 0 radical (unpaired) electrons. The van der Waals surface area contributed by atoms with E-state index in [9.17, 15) is 0 Å². The van der Waals surface area contributed by atoms with Crippen LogP contribution in [0.3, 0.4) is 0 Å². The molecule has 0 saturated carbocycles. The highest BCUT2D eigenvalue weighted by Crippen LogP contribution is 2.38. The van der Waals surface area contributed by atoms with Crippen LogP contribution in [0.4, 0.5) is 11.4 Å². The highest BCUT2D eigenvalue weighted by molar-refractivity contribution is 5.59. The zero-order chi connectivity index (χ0) is 18.4. The van der Waals surface area contributed by atoms with E-state index in [1.54, 1.807) is 0 Å². The van der Waals surface area contributed by atoms with E-state index in [2.05, 4.69) is 121 Å². The third-order valence-corrected chi connectivity index (χ3v) is 5.09. The maximum atomic E-state index is 2.25. The standard InChI is InChI=1S/C26H24N/c1-5-13-23(14-6-1)21-27(25-17-9-3-10-18-25,26-19-11-4-12-20-26)22-24-15-7-2-8-16-24/h1-20H,21-22H2/q+1. The first-order valence-corrected chi connectivity index (χ1v) is 9.43. The number of rotatable bonds is 6. The number of hydrogen-bond acceptors (Lipinski definition) is 0. The summed E-state index contributed by atoms with van der Waals surface area (Å²) in [6, 6.07) is 43.3. The largest absolute Gasteiger partial charge is 0.251 e. The molecule has 27 heavy (non-hydrogen) atoms. The van der Waals surface area contributed by atoms with Crippen LogP contribution in [-0.2, 0) is 13.1 Å². The van der Waals surface area contributed by atoms with Gasteiger partial charge in [-0.3, -0.25) is 4.48 Å². The first kappa shape index (κ1) is 17.3. The Bertz CT molecular complexity index is 865. The van der Waals surface area contributed by atoms with E-state index in [1.807, 2.05) is 0 Å². The van der Waals surface area contributed by atoms with Crippen LogP contribution in [0, 0.1) is 0 Å². The fourth-order valence-electron chi connectivity index (χ4n) is 3.79. The van der Waals surface area contributed by atoms with Crippen molar-refractivity contribution >= 4 is 11.4 Å². The second kappa shape index (κ2) is 8.03. The lowest BCUT2D eigenvalue weighted by atomic mass is 10.1. The van der Waals surface area contributed by atoms with Gasteiger partial charge in [-0.1, -0.05) is 97.1 Å². The number of hydrogen-bond donors (Lipinski definition) is 0. The Labute approximate surface area is 161 Å². The van der Waals surface area contributed by atoms with Crippen molar-refractivity contribution in [3.05, 3.63) is 132 Å². The third kappa shape index (κ3) is 3.84. The molecule has 0 unspecified atom stereocenters. The summed E-state index contributed by atoms with van der Waals surface area (Å²) in [5, 5.41) is 0. The summed E-state index contributed by atoms with van der Waals surface area (Å²) in [7, 11) is 0. The van der Waals surface area contributed by atoms with E-state index in [1.165, 1.54) is 22.5 Å². The lowest BCUT2D eigenvalue weighted by Crippen LogP contribution is -2.42. The van der Waals surface area contributed by atoms with Gasteiger partial charge in [-0.05, 0) is 24.3 Å². The molecule has 4 aromatic rings. The fraction of sp³-hybridized carbons (Fsp3) is 0.0769. The summed E-state index contributed by atoms with van der Waals surface area (Å²) in [5.41, 5.74) is 5.27. The molecule has 0 amide bonds. The molecule has 1 heteroatoms. The molecular weight excluding hydrogens is 326 g/mol. The molecule has 0 heterocycles. The molecule has 4 aromatic carbocycles. The minimum atomic E-state index is 0.760. The van der Waals surface area contributed by atoms with E-state index in [0.29, 0.717) is 0 Å². The van der Waals surface area contributed by atoms with Gasteiger partial charge in [-0.2, -0.15) is 0 Å². The van der Waals surface area contributed by atoms with E-state index in [0.717, 1.165) is 17.6 Å². The average molecular weight is 350 g/mol. The van der Waals surface area contributed by atoms with Gasteiger partial charge >= 0.3 is 0 Å². The Morgan fingerprint density at radius 3 is 1.00 bits per heavy atom. The highest BCUT2D eigenvalue weighted by Gasteiger charge is 2.34. The van der Waals surface area contributed by atoms with Gasteiger partial charge < -0.3 is 0 Å². The molecular formula is C26H24N+. The van der Waals surface area contributed by atoms with Crippen LogP contribution in [0.15, 0.2) is 121 Å². The van der Waals surface area contributed by atoms with Crippen LogP contribution in [0.5, 0.6) is 0 Å². The zero-order valence-electron chi connectivity index (χ0n) is 15.4. The Hall–Kier alpha value is -3.16. The van der Waals surface area contributed by atoms with E-state index in [4.69, 9.17) is 0 Å². The quantitative estimate of drug-likeness (QED) is 0.338. The molecule has 0 N–H and O–H groups in total. The molecule has 0 aliphatic heterocycles. The topological polar surface area (TPSA) is 0 Å². The van der Waals surface area contributed by atoms with Crippen LogP contribution < -0.4 is 4.48 Å². The van der Waals surface area contributed by atoms with E-state index < -0.39 is 0 Å². The summed E-state index contributed by atoms with van der Waals surface area (Å²) in [6.07, 6.45) is 0. The Balaban J connectivity index is 1.90. The minimum Gasteiger partial charge on any atom is -0.251 e. The van der Waals surface area contributed by atoms with E-state index in [-0.39, 0.29) is 0 Å². The van der Waals surface area contributed by atoms with Gasteiger partial charge in [0.15, 0.2) is 0 Å². The molecule has 0 saturated heterocycles. The molecule has 0 spiro atoms. The highest BCUT2D eigenvalue weighted by atomic mass is 15.4. The normalized spacial score (nSPS) is 11.3. The van der Waals surface area contributed by atoms with Gasteiger partial charge in [0, 0.05) is 11.1 Å². The first-order valence-electron chi connectivity index (χ1n) is 9.43. The summed E-state index contributed by atoms with van der Waals surface area (Å²) in [5.74, 6) is 0. The molecule has 4 rings (SSSR count). The van der Waals surface area contributed by atoms with Gasteiger partial charge in [-0.15, -0.1) is 0 Å². The molecule has 0 aliphatic carbocycles. The maximum absolute atomic E-state index is 2.25. The molecule has 0 atom stereocenters. The Kier molecular flexibility index (Phi) is 5.13. The fourth-order valence-corrected chi connectivity index (χ4v) is 3.79. The van der Waals surface area contributed by atoms with Gasteiger partial charge in [-0.25, -0.2) is 0 Å². The lowest BCUT2D eigenvalue weighted by molar-refractivity contribution is 0.367. The van der Waals surface area contributed by atoms with Crippen molar-refractivity contribution < 1.29 is 0 Å². The predicted molar refractivity (Wildman–Crippen MR) is 115 cm³/mol. The van der Waals surface area contributed by atoms with Crippen LogP contribution in [-0.4, -0.2) is 0 Å². The smallest absolute Gasteiger partial charge is 0.138 e.